The van der Waals surface area contributed by atoms with Gasteiger partial charge in [-0.2, -0.15) is 13.2 Å². The van der Waals surface area contributed by atoms with Crippen molar-refractivity contribution in [3.63, 3.8) is 0 Å². The van der Waals surface area contributed by atoms with E-state index in [2.05, 4.69) is 10.2 Å². The quantitative estimate of drug-likeness (QED) is 0.652. The minimum absolute atomic E-state index is 0. The van der Waals surface area contributed by atoms with Gasteiger partial charge in [-0.3, -0.25) is 4.90 Å². The van der Waals surface area contributed by atoms with Crippen molar-refractivity contribution in [1.29, 1.82) is 0 Å². The number of hydrogen-bond acceptors (Lipinski definition) is 2. The summed E-state index contributed by atoms with van der Waals surface area (Å²) in [6.45, 7) is 2.95. The number of benzene rings is 2. The monoisotopic (exact) mass is 420 g/mol. The largest absolute Gasteiger partial charge is 0.416 e. The second-order valence-corrected chi connectivity index (χ2v) is 6.63. The molecule has 2 aromatic carbocycles. The molecule has 3 rings (SSSR count). The normalized spacial score (nSPS) is 16.6. The lowest BCUT2D eigenvalue weighted by atomic mass is 9.97. The van der Waals surface area contributed by atoms with Crippen molar-refractivity contribution in [1.82, 2.24) is 10.2 Å². The lowest BCUT2D eigenvalue weighted by Crippen LogP contribution is -2.45. The summed E-state index contributed by atoms with van der Waals surface area (Å²) in [5, 5.41) is 3.21. The van der Waals surface area contributed by atoms with Gasteiger partial charge in [0.05, 0.1) is 5.56 Å². The van der Waals surface area contributed by atoms with Gasteiger partial charge in [-0.05, 0) is 28.8 Å². The smallest absolute Gasteiger partial charge is 0.314 e. The van der Waals surface area contributed by atoms with E-state index in [0.717, 1.165) is 36.3 Å². The van der Waals surface area contributed by atoms with Gasteiger partial charge in [0.15, 0.2) is 0 Å². The summed E-state index contributed by atoms with van der Waals surface area (Å²) < 4.78 is 64.2. The van der Waals surface area contributed by atoms with Crippen molar-refractivity contribution in [2.45, 2.75) is 25.1 Å². The highest BCUT2D eigenvalue weighted by Gasteiger charge is 2.30. The molecule has 28 heavy (non-hydrogen) atoms. The third-order valence-electron chi connectivity index (χ3n) is 4.83. The zero-order valence-corrected chi connectivity index (χ0v) is 15.9. The molecule has 1 N–H and O–H groups in total. The van der Waals surface area contributed by atoms with E-state index in [1.165, 1.54) is 12.1 Å². The first-order valence-corrected chi connectivity index (χ1v) is 8.85. The van der Waals surface area contributed by atoms with Gasteiger partial charge < -0.3 is 5.32 Å². The van der Waals surface area contributed by atoms with Gasteiger partial charge in [0.2, 0.25) is 6.43 Å². The number of nitrogens with zero attached hydrogens (tertiary/aromatic N) is 1. The highest BCUT2D eigenvalue weighted by molar-refractivity contribution is 5.85. The topological polar surface area (TPSA) is 15.3 Å². The first-order chi connectivity index (χ1) is 12.8. The Morgan fingerprint density at radius 3 is 1.82 bits per heavy atom. The maximum Gasteiger partial charge on any atom is 0.416 e. The van der Waals surface area contributed by atoms with Gasteiger partial charge in [0.1, 0.15) is 0 Å². The highest BCUT2D eigenvalue weighted by Crippen LogP contribution is 2.32. The van der Waals surface area contributed by atoms with Crippen LogP contribution in [0.3, 0.4) is 0 Å². The van der Waals surface area contributed by atoms with Crippen LogP contribution in [0.5, 0.6) is 0 Å². The first kappa shape index (κ1) is 22.6. The van der Waals surface area contributed by atoms with Crippen molar-refractivity contribution >= 4 is 12.4 Å². The van der Waals surface area contributed by atoms with Crippen molar-refractivity contribution in [2.24, 2.45) is 0 Å². The van der Waals surface area contributed by atoms with E-state index in [1.54, 1.807) is 24.3 Å². The van der Waals surface area contributed by atoms with Crippen LogP contribution in [-0.2, 0) is 6.18 Å². The third-order valence-corrected chi connectivity index (χ3v) is 4.83. The summed E-state index contributed by atoms with van der Waals surface area (Å²) >= 11 is 0. The van der Waals surface area contributed by atoms with Crippen LogP contribution in [-0.4, -0.2) is 37.5 Å². The molecule has 1 heterocycles. The van der Waals surface area contributed by atoms with Crippen molar-refractivity contribution in [2.75, 3.05) is 26.2 Å². The second kappa shape index (κ2) is 9.67. The molecule has 0 spiro atoms. The Kier molecular flexibility index (Phi) is 7.80. The summed E-state index contributed by atoms with van der Waals surface area (Å²) in [5.41, 5.74) is 1.51. The molecule has 2 nitrogen and oxygen atoms in total. The molecule has 0 aromatic heterocycles. The number of halogens is 6. The Balaban J connectivity index is 0.00000280. The van der Waals surface area contributed by atoms with Crippen LogP contribution in [0.25, 0.3) is 11.1 Å². The van der Waals surface area contributed by atoms with Gasteiger partial charge in [0.25, 0.3) is 0 Å². The number of nitrogens with one attached hydrogen (secondary N) is 1. The third kappa shape index (κ3) is 5.65. The fraction of sp³-hybridized carbons (Fsp3) is 0.400. The Labute approximate surface area is 167 Å². The van der Waals surface area contributed by atoms with Gasteiger partial charge in [-0.15, -0.1) is 12.4 Å². The number of alkyl halides is 5. The predicted molar refractivity (Wildman–Crippen MR) is 102 cm³/mol. The van der Waals surface area contributed by atoms with Crippen LogP contribution in [0.15, 0.2) is 48.5 Å². The standard InChI is InChI=1S/C20H21F5N2.ClH/c21-19(22)13-18(27-11-9-26-10-12-27)16-3-1-14(2-4-16)15-5-7-17(8-6-15)20(23,24)25;/h1-8,18-19,26H,9-13H2;1H/t18-;/m1./s1. The highest BCUT2D eigenvalue weighted by atomic mass is 35.5. The molecule has 0 amide bonds. The summed E-state index contributed by atoms with van der Waals surface area (Å²) in [7, 11) is 0. The van der Waals surface area contributed by atoms with Gasteiger partial charge in [-0.25, -0.2) is 8.78 Å². The average Bonchev–Trinajstić information content (AvgIpc) is 2.66. The van der Waals surface area contributed by atoms with E-state index >= 15 is 0 Å². The van der Waals surface area contributed by atoms with E-state index in [4.69, 9.17) is 0 Å². The van der Waals surface area contributed by atoms with Crippen LogP contribution in [0.4, 0.5) is 22.0 Å². The Bertz CT molecular complexity index is 726. The SMILES string of the molecule is Cl.FC(F)C[C@H](c1ccc(-c2ccc(C(F)(F)F)cc2)cc1)N1CCNCC1. The van der Waals surface area contributed by atoms with Crippen LogP contribution in [0.2, 0.25) is 0 Å². The molecule has 1 atom stereocenters. The van der Waals surface area contributed by atoms with E-state index in [9.17, 15) is 22.0 Å². The number of hydrogen-bond donors (Lipinski definition) is 1. The van der Waals surface area contributed by atoms with Gasteiger partial charge in [-0.1, -0.05) is 36.4 Å². The van der Waals surface area contributed by atoms with Gasteiger partial charge >= 0.3 is 6.18 Å². The molecule has 0 radical (unpaired) electrons. The molecule has 0 saturated carbocycles. The van der Waals surface area contributed by atoms with Crippen LogP contribution in [0.1, 0.15) is 23.6 Å². The van der Waals surface area contributed by atoms with E-state index < -0.39 is 18.2 Å². The zero-order chi connectivity index (χ0) is 19.4. The molecule has 8 heteroatoms. The molecule has 0 bridgehead atoms. The van der Waals surface area contributed by atoms with E-state index in [0.29, 0.717) is 18.7 Å². The summed E-state index contributed by atoms with van der Waals surface area (Å²) in [4.78, 5) is 2.05. The summed E-state index contributed by atoms with van der Waals surface area (Å²) in [6, 6.07) is 11.7. The minimum atomic E-state index is -4.37. The van der Waals surface area contributed by atoms with E-state index in [-0.39, 0.29) is 24.9 Å². The van der Waals surface area contributed by atoms with Crippen LogP contribution >= 0.6 is 12.4 Å². The molecular formula is C20H22ClF5N2. The maximum atomic E-state index is 13.1. The Morgan fingerprint density at radius 2 is 1.36 bits per heavy atom. The van der Waals surface area contributed by atoms with E-state index in [1.807, 2.05) is 0 Å². The predicted octanol–water partition coefficient (Wildman–Crippen LogP) is 5.40. The molecule has 1 fully saturated rings. The molecule has 154 valence electrons. The minimum Gasteiger partial charge on any atom is -0.314 e. The molecule has 2 aromatic rings. The number of piperazine rings is 1. The molecular weight excluding hydrogens is 399 g/mol. The molecule has 1 saturated heterocycles. The molecule has 0 unspecified atom stereocenters. The molecule has 1 aliphatic heterocycles. The first-order valence-electron chi connectivity index (χ1n) is 8.85. The summed E-state index contributed by atoms with van der Waals surface area (Å²) in [5.74, 6) is 0. The van der Waals surface area contributed by atoms with Crippen molar-refractivity contribution in [3.05, 3.63) is 59.7 Å². The fourth-order valence-corrected chi connectivity index (χ4v) is 3.41. The van der Waals surface area contributed by atoms with Crippen LogP contribution < -0.4 is 5.32 Å². The maximum absolute atomic E-state index is 13.1. The lowest BCUT2D eigenvalue weighted by Gasteiger charge is -2.35. The lowest BCUT2D eigenvalue weighted by molar-refractivity contribution is -0.137. The van der Waals surface area contributed by atoms with Crippen molar-refractivity contribution < 1.29 is 22.0 Å². The molecule has 0 aliphatic carbocycles. The zero-order valence-electron chi connectivity index (χ0n) is 15.1. The Morgan fingerprint density at radius 1 is 0.857 bits per heavy atom. The van der Waals surface area contributed by atoms with Gasteiger partial charge in [0, 0.05) is 38.6 Å². The average molecular weight is 421 g/mol. The number of rotatable bonds is 5. The van der Waals surface area contributed by atoms with Crippen LogP contribution in [0, 0.1) is 0 Å². The molecule has 1 aliphatic rings. The summed E-state index contributed by atoms with van der Waals surface area (Å²) in [6.07, 6.45) is -7.01. The fourth-order valence-electron chi connectivity index (χ4n) is 3.41. The Hall–Kier alpha value is -1.70. The van der Waals surface area contributed by atoms with Crippen molar-refractivity contribution in [3.8, 4) is 11.1 Å². The second-order valence-electron chi connectivity index (χ2n) is 6.63.